The zero-order valence-corrected chi connectivity index (χ0v) is 8.44. The highest BCUT2D eigenvalue weighted by molar-refractivity contribution is 14.1. The van der Waals surface area contributed by atoms with Crippen molar-refractivity contribution in [2.24, 2.45) is 5.92 Å². The smallest absolute Gasteiger partial charge is 0.224 e. The molecular formula is C7H12INO. The van der Waals surface area contributed by atoms with Gasteiger partial charge >= 0.3 is 0 Å². The van der Waals surface area contributed by atoms with E-state index in [-0.39, 0.29) is 17.4 Å². The Kier molecular flexibility index (Phi) is 2.22. The second-order valence-corrected chi connectivity index (χ2v) is 4.31. The van der Waals surface area contributed by atoms with E-state index in [0.717, 1.165) is 10.8 Å². The Labute approximate surface area is 74.9 Å². The minimum Gasteiger partial charge on any atom is -0.351 e. The maximum atomic E-state index is 11.1. The monoisotopic (exact) mass is 253 g/mol. The van der Waals surface area contributed by atoms with Crippen LogP contribution in [0.15, 0.2) is 0 Å². The van der Waals surface area contributed by atoms with Gasteiger partial charge in [0.1, 0.15) is 0 Å². The zero-order valence-electron chi connectivity index (χ0n) is 6.28. The first-order valence-electron chi connectivity index (χ1n) is 3.43. The second kappa shape index (κ2) is 2.68. The zero-order chi connectivity index (χ0) is 7.78. The van der Waals surface area contributed by atoms with Gasteiger partial charge in [-0.05, 0) is 20.3 Å². The lowest BCUT2D eigenvalue weighted by atomic mass is 9.98. The molecule has 0 unspecified atom stereocenters. The highest BCUT2D eigenvalue weighted by atomic mass is 127. The van der Waals surface area contributed by atoms with Crippen molar-refractivity contribution in [1.29, 1.82) is 0 Å². The van der Waals surface area contributed by atoms with Crippen molar-refractivity contribution in [1.82, 2.24) is 5.32 Å². The lowest BCUT2D eigenvalue weighted by molar-refractivity contribution is -0.122. The number of hydrogen-bond acceptors (Lipinski definition) is 1. The quantitative estimate of drug-likeness (QED) is 0.554. The maximum absolute atomic E-state index is 11.1. The lowest BCUT2D eigenvalue weighted by Gasteiger charge is -2.15. The van der Waals surface area contributed by atoms with Crippen molar-refractivity contribution >= 4 is 28.5 Å². The molecule has 10 heavy (non-hydrogen) atoms. The Hall–Kier alpha value is 0.200. The molecule has 1 saturated heterocycles. The molecule has 1 amide bonds. The molecule has 0 spiro atoms. The van der Waals surface area contributed by atoms with Crippen molar-refractivity contribution in [3.05, 3.63) is 0 Å². The van der Waals surface area contributed by atoms with Crippen LogP contribution in [0.25, 0.3) is 0 Å². The van der Waals surface area contributed by atoms with E-state index in [2.05, 4.69) is 41.8 Å². The molecule has 1 heterocycles. The number of hydrogen-bond donors (Lipinski definition) is 1. The summed E-state index contributed by atoms with van der Waals surface area (Å²) in [5.41, 5.74) is 0.0346. The van der Waals surface area contributed by atoms with Crippen LogP contribution in [0, 0.1) is 5.92 Å². The minimum absolute atomic E-state index is 0.0346. The molecule has 0 aliphatic carbocycles. The van der Waals surface area contributed by atoms with E-state index in [9.17, 15) is 4.79 Å². The average Bonchev–Trinajstić information content (AvgIpc) is 2.05. The van der Waals surface area contributed by atoms with Crippen LogP contribution < -0.4 is 5.32 Å². The third-order valence-electron chi connectivity index (χ3n) is 1.78. The molecule has 0 radical (unpaired) electrons. The van der Waals surface area contributed by atoms with Gasteiger partial charge in [-0.15, -0.1) is 0 Å². The van der Waals surface area contributed by atoms with E-state index in [0.29, 0.717) is 0 Å². The van der Waals surface area contributed by atoms with Gasteiger partial charge in [0.2, 0.25) is 5.91 Å². The second-order valence-electron chi connectivity index (χ2n) is 3.43. The van der Waals surface area contributed by atoms with E-state index >= 15 is 0 Å². The van der Waals surface area contributed by atoms with Gasteiger partial charge in [0.15, 0.2) is 0 Å². The third-order valence-corrected chi connectivity index (χ3v) is 2.84. The highest BCUT2D eigenvalue weighted by Gasteiger charge is 2.36. The molecule has 0 aromatic carbocycles. The van der Waals surface area contributed by atoms with Crippen LogP contribution in [0.3, 0.4) is 0 Å². The Morgan fingerprint density at radius 1 is 1.80 bits per heavy atom. The average molecular weight is 253 g/mol. The molecule has 0 aromatic heterocycles. The van der Waals surface area contributed by atoms with Gasteiger partial charge in [-0.3, -0.25) is 4.79 Å². The molecule has 0 aromatic rings. The largest absolute Gasteiger partial charge is 0.351 e. The summed E-state index contributed by atoms with van der Waals surface area (Å²) in [5.74, 6) is 0.468. The summed E-state index contributed by atoms with van der Waals surface area (Å²) in [6.45, 7) is 4.13. The van der Waals surface area contributed by atoms with Crippen molar-refractivity contribution in [2.45, 2.75) is 25.8 Å². The maximum Gasteiger partial charge on any atom is 0.224 e. The Balaban J connectivity index is 2.61. The summed E-state index contributed by atoms with van der Waals surface area (Å²) in [5, 5.41) is 2.95. The van der Waals surface area contributed by atoms with Crippen LogP contribution >= 0.6 is 22.6 Å². The fraction of sp³-hybridized carbons (Fsp3) is 0.857. The Morgan fingerprint density at radius 2 is 2.40 bits per heavy atom. The van der Waals surface area contributed by atoms with Crippen LogP contribution in [-0.2, 0) is 4.79 Å². The van der Waals surface area contributed by atoms with Gasteiger partial charge in [0.05, 0.1) is 0 Å². The van der Waals surface area contributed by atoms with Crippen LogP contribution in [0.4, 0.5) is 0 Å². The molecule has 1 fully saturated rings. The molecule has 1 N–H and O–H groups in total. The lowest BCUT2D eigenvalue weighted by Crippen LogP contribution is -2.34. The van der Waals surface area contributed by atoms with Gasteiger partial charge in [-0.1, -0.05) is 22.6 Å². The first kappa shape index (κ1) is 8.30. The minimum atomic E-state index is 0.0346. The Morgan fingerprint density at radius 3 is 2.60 bits per heavy atom. The van der Waals surface area contributed by atoms with E-state index < -0.39 is 0 Å². The number of nitrogens with one attached hydrogen (secondary N) is 1. The standard InChI is InChI=1S/C7H12INO/c1-7(2)3-5(4-8)6(10)9-7/h5H,3-4H2,1-2H3,(H,9,10)/t5-/m0/s1. The number of carbonyl (C=O) groups excluding carboxylic acids is 1. The summed E-state index contributed by atoms with van der Waals surface area (Å²) in [6.07, 6.45) is 0.981. The Bertz CT molecular complexity index is 156. The van der Waals surface area contributed by atoms with E-state index in [1.807, 2.05) is 0 Å². The number of amides is 1. The predicted octanol–water partition coefficient (Wildman–Crippen LogP) is 1.34. The van der Waals surface area contributed by atoms with Gasteiger partial charge in [-0.2, -0.15) is 0 Å². The summed E-state index contributed by atoms with van der Waals surface area (Å²) in [7, 11) is 0. The summed E-state index contributed by atoms with van der Waals surface area (Å²) < 4.78 is 0.938. The van der Waals surface area contributed by atoms with Crippen molar-refractivity contribution in [2.75, 3.05) is 4.43 Å². The van der Waals surface area contributed by atoms with Crippen LogP contribution in [-0.4, -0.2) is 15.9 Å². The van der Waals surface area contributed by atoms with E-state index in [1.54, 1.807) is 0 Å². The molecule has 0 bridgehead atoms. The molecule has 1 atom stereocenters. The topological polar surface area (TPSA) is 29.1 Å². The van der Waals surface area contributed by atoms with Gasteiger partial charge in [0.25, 0.3) is 0 Å². The molecule has 1 aliphatic rings. The first-order valence-corrected chi connectivity index (χ1v) is 4.96. The van der Waals surface area contributed by atoms with E-state index in [4.69, 9.17) is 0 Å². The molecular weight excluding hydrogens is 241 g/mol. The van der Waals surface area contributed by atoms with E-state index in [1.165, 1.54) is 0 Å². The van der Waals surface area contributed by atoms with Gasteiger partial charge in [-0.25, -0.2) is 0 Å². The molecule has 2 nitrogen and oxygen atoms in total. The summed E-state index contributed by atoms with van der Waals surface area (Å²) >= 11 is 2.26. The van der Waals surface area contributed by atoms with Crippen LogP contribution in [0.5, 0.6) is 0 Å². The molecule has 1 aliphatic heterocycles. The number of alkyl halides is 1. The normalized spacial score (nSPS) is 30.3. The SMILES string of the molecule is CC1(C)C[C@@H](CI)C(=O)N1. The molecule has 3 heteroatoms. The predicted molar refractivity (Wildman–Crippen MR) is 49.2 cm³/mol. The molecule has 1 rings (SSSR count). The fourth-order valence-electron chi connectivity index (χ4n) is 1.32. The van der Waals surface area contributed by atoms with Gasteiger partial charge in [0, 0.05) is 15.9 Å². The molecule has 58 valence electrons. The van der Waals surface area contributed by atoms with Crippen molar-refractivity contribution in [3.63, 3.8) is 0 Å². The molecule has 0 saturated carbocycles. The third kappa shape index (κ3) is 1.62. The van der Waals surface area contributed by atoms with Crippen LogP contribution in [0.2, 0.25) is 0 Å². The van der Waals surface area contributed by atoms with Gasteiger partial charge < -0.3 is 5.32 Å². The highest BCUT2D eigenvalue weighted by Crippen LogP contribution is 2.25. The summed E-state index contributed by atoms with van der Waals surface area (Å²) in [6, 6.07) is 0. The number of rotatable bonds is 1. The first-order chi connectivity index (χ1) is 4.55. The summed E-state index contributed by atoms with van der Waals surface area (Å²) in [4.78, 5) is 11.1. The van der Waals surface area contributed by atoms with Crippen LogP contribution in [0.1, 0.15) is 20.3 Å². The fourth-order valence-corrected chi connectivity index (χ4v) is 2.03. The van der Waals surface area contributed by atoms with Crippen molar-refractivity contribution < 1.29 is 4.79 Å². The van der Waals surface area contributed by atoms with Crippen molar-refractivity contribution in [3.8, 4) is 0 Å². The number of halogens is 1. The number of carbonyl (C=O) groups is 1.